The lowest BCUT2D eigenvalue weighted by Crippen LogP contribution is -2.01. The van der Waals surface area contributed by atoms with E-state index in [0.717, 1.165) is 0 Å². The highest BCUT2D eigenvalue weighted by Gasteiger charge is 2.17. The minimum absolute atomic E-state index is 0.0244. The molecule has 3 aromatic rings. The molecule has 0 fully saturated rings. The number of rotatable bonds is 6. The molecule has 0 radical (unpaired) electrons. The van der Waals surface area contributed by atoms with Crippen molar-refractivity contribution in [2.45, 2.75) is 0 Å². The van der Waals surface area contributed by atoms with Crippen LogP contribution in [0.5, 0.6) is 11.5 Å². The Kier molecular flexibility index (Phi) is 5.64. The molecule has 138 valence electrons. The van der Waals surface area contributed by atoms with E-state index in [1.165, 1.54) is 13.2 Å². The third kappa shape index (κ3) is 3.83. The number of hydrogen-bond acceptors (Lipinski definition) is 5. The van der Waals surface area contributed by atoms with E-state index in [2.05, 4.69) is 4.98 Å². The second kappa shape index (κ2) is 8.30. The fourth-order valence-electron chi connectivity index (χ4n) is 2.75. The number of aromatic amines is 1. The molecule has 6 nitrogen and oxygen atoms in total. The number of methoxy groups -OCH3 is 1. The fraction of sp³-hybridized carbons (Fsp3) is 0.0952. The largest absolute Gasteiger partial charge is 0.493 e. The second-order valence-electron chi connectivity index (χ2n) is 5.75. The van der Waals surface area contributed by atoms with Gasteiger partial charge in [-0.05, 0) is 35.9 Å². The smallest absolute Gasteiger partial charge is 0.205 e. The average molecular weight is 392 g/mol. The Hall–Kier alpha value is -3.74. The number of halogens is 1. The van der Waals surface area contributed by atoms with Crippen molar-refractivity contribution in [2.75, 3.05) is 13.7 Å². The number of hydrogen-bond donors (Lipinski definition) is 1. The van der Waals surface area contributed by atoms with Crippen molar-refractivity contribution >= 4 is 34.4 Å². The Labute approximate surface area is 166 Å². The van der Waals surface area contributed by atoms with Gasteiger partial charge in [-0.3, -0.25) is 4.79 Å². The number of fused-ring (bicyclic) bond motifs is 1. The van der Waals surface area contributed by atoms with Gasteiger partial charge in [-0.15, -0.1) is 0 Å². The summed E-state index contributed by atoms with van der Waals surface area (Å²) < 4.78 is 10.5. The van der Waals surface area contributed by atoms with Gasteiger partial charge >= 0.3 is 0 Å². The first-order chi connectivity index (χ1) is 13.6. The maximum atomic E-state index is 12.9. The second-order valence-corrected chi connectivity index (χ2v) is 6.18. The molecule has 1 heterocycles. The van der Waals surface area contributed by atoms with E-state index in [1.54, 1.807) is 42.6 Å². The molecule has 0 saturated heterocycles. The summed E-state index contributed by atoms with van der Waals surface area (Å²) in [6.45, 7) is -0.113. The Morgan fingerprint density at radius 3 is 2.75 bits per heavy atom. The molecule has 0 atom stereocenters. The summed E-state index contributed by atoms with van der Waals surface area (Å²) in [4.78, 5) is 15.9. The highest BCUT2D eigenvalue weighted by molar-refractivity contribution is 6.31. The lowest BCUT2D eigenvalue weighted by molar-refractivity contribution is 0.104. The lowest BCUT2D eigenvalue weighted by Gasteiger charge is -2.09. The van der Waals surface area contributed by atoms with Crippen LogP contribution >= 0.6 is 11.6 Å². The predicted molar refractivity (Wildman–Crippen MR) is 105 cm³/mol. The molecular formula is C21H14ClN3O3. The molecule has 0 spiro atoms. The first-order valence-corrected chi connectivity index (χ1v) is 8.56. The Morgan fingerprint density at radius 2 is 2.04 bits per heavy atom. The Morgan fingerprint density at radius 1 is 1.21 bits per heavy atom. The number of ketones is 1. The zero-order chi connectivity index (χ0) is 20.1. The summed E-state index contributed by atoms with van der Waals surface area (Å²) in [7, 11) is 1.47. The topological polar surface area (TPSA) is 98.9 Å². The Bertz CT molecular complexity index is 1170. The summed E-state index contributed by atoms with van der Waals surface area (Å²) >= 11 is 5.97. The summed E-state index contributed by atoms with van der Waals surface area (Å²) in [5.74, 6) is 0.398. The standard InChI is InChI=1S/C21H14ClN3O3/c1-27-20-9-13(2-5-19(20)28-7-6-23)8-14(11-24)21(26)17-12-25-18-10-15(22)3-4-16(17)18/h2-5,8-10,12,25H,7H2,1H3/b14-8-. The number of nitriles is 2. The molecule has 0 aliphatic rings. The van der Waals surface area contributed by atoms with Crippen molar-refractivity contribution in [2.24, 2.45) is 0 Å². The molecule has 0 bridgehead atoms. The van der Waals surface area contributed by atoms with Crippen molar-refractivity contribution in [3.8, 4) is 23.6 Å². The van der Waals surface area contributed by atoms with Gasteiger partial charge in [0.15, 0.2) is 18.1 Å². The summed E-state index contributed by atoms with van der Waals surface area (Å²) in [6.07, 6.45) is 3.04. The SMILES string of the molecule is COc1cc(/C=C(/C#N)C(=O)c2c[nH]c3cc(Cl)ccc23)ccc1OCC#N. The van der Waals surface area contributed by atoms with E-state index in [1.807, 2.05) is 12.1 Å². The molecule has 1 N–H and O–H groups in total. The molecule has 1 aromatic heterocycles. The molecule has 7 heteroatoms. The first kappa shape index (κ1) is 19.0. The molecule has 28 heavy (non-hydrogen) atoms. The summed E-state index contributed by atoms with van der Waals surface area (Å²) in [5, 5.41) is 19.4. The first-order valence-electron chi connectivity index (χ1n) is 8.18. The van der Waals surface area contributed by atoms with Crippen LogP contribution in [0.25, 0.3) is 17.0 Å². The van der Waals surface area contributed by atoms with Gasteiger partial charge in [0, 0.05) is 27.7 Å². The monoisotopic (exact) mass is 391 g/mol. The third-order valence-corrected chi connectivity index (χ3v) is 4.28. The van der Waals surface area contributed by atoms with Crippen LogP contribution in [0.4, 0.5) is 0 Å². The molecule has 2 aromatic carbocycles. The van der Waals surface area contributed by atoms with Gasteiger partial charge in [-0.1, -0.05) is 23.7 Å². The van der Waals surface area contributed by atoms with Crippen LogP contribution in [0.1, 0.15) is 15.9 Å². The van der Waals surface area contributed by atoms with Crippen molar-refractivity contribution in [1.82, 2.24) is 4.98 Å². The van der Waals surface area contributed by atoms with Crippen molar-refractivity contribution in [3.05, 3.63) is 64.3 Å². The quantitative estimate of drug-likeness (QED) is 0.378. The number of nitrogens with zero attached hydrogens (tertiary/aromatic N) is 2. The van der Waals surface area contributed by atoms with E-state index in [-0.39, 0.29) is 12.2 Å². The number of carbonyl (C=O) groups excluding carboxylic acids is 1. The molecule has 3 rings (SSSR count). The highest BCUT2D eigenvalue weighted by atomic mass is 35.5. The van der Waals surface area contributed by atoms with Crippen LogP contribution < -0.4 is 9.47 Å². The number of Topliss-reactive ketones (excluding diaryl/α,β-unsaturated/α-hetero) is 1. The maximum Gasteiger partial charge on any atom is 0.205 e. The van der Waals surface area contributed by atoms with Crippen LogP contribution in [-0.2, 0) is 0 Å². The van der Waals surface area contributed by atoms with Crippen LogP contribution in [0.15, 0.2) is 48.2 Å². The summed E-state index contributed by atoms with van der Waals surface area (Å²) in [5.41, 5.74) is 1.67. The number of aromatic nitrogens is 1. The van der Waals surface area contributed by atoms with E-state index in [4.69, 9.17) is 26.3 Å². The number of allylic oxidation sites excluding steroid dienone is 1. The van der Waals surface area contributed by atoms with Crippen LogP contribution in [0.2, 0.25) is 5.02 Å². The predicted octanol–water partition coefficient (Wildman–Crippen LogP) is 4.52. The minimum Gasteiger partial charge on any atom is -0.493 e. The summed E-state index contributed by atoms with van der Waals surface area (Å²) in [6, 6.07) is 13.9. The molecule has 0 aliphatic heterocycles. The lowest BCUT2D eigenvalue weighted by atomic mass is 10.0. The number of ether oxygens (including phenoxy) is 2. The van der Waals surface area contributed by atoms with Crippen molar-refractivity contribution in [1.29, 1.82) is 10.5 Å². The van der Waals surface area contributed by atoms with E-state index >= 15 is 0 Å². The van der Waals surface area contributed by atoms with Gasteiger partial charge in [0.05, 0.1) is 7.11 Å². The van der Waals surface area contributed by atoms with Gasteiger partial charge in [0.2, 0.25) is 5.78 Å². The van der Waals surface area contributed by atoms with Crippen molar-refractivity contribution < 1.29 is 14.3 Å². The molecular weight excluding hydrogens is 378 g/mol. The van der Waals surface area contributed by atoms with Gasteiger partial charge in [-0.25, -0.2) is 0 Å². The zero-order valence-electron chi connectivity index (χ0n) is 14.8. The van der Waals surface area contributed by atoms with Gasteiger partial charge in [-0.2, -0.15) is 10.5 Å². The van der Waals surface area contributed by atoms with Crippen molar-refractivity contribution in [3.63, 3.8) is 0 Å². The average Bonchev–Trinajstić information content (AvgIpc) is 3.13. The number of benzene rings is 2. The van der Waals surface area contributed by atoms with Crippen LogP contribution in [0.3, 0.4) is 0 Å². The van der Waals surface area contributed by atoms with E-state index < -0.39 is 5.78 Å². The number of H-pyrrole nitrogens is 1. The normalized spacial score (nSPS) is 10.9. The number of nitrogens with one attached hydrogen (secondary N) is 1. The van der Waals surface area contributed by atoms with E-state index in [9.17, 15) is 10.1 Å². The van der Waals surface area contributed by atoms with Gasteiger partial charge < -0.3 is 14.5 Å². The van der Waals surface area contributed by atoms with Crippen LogP contribution in [-0.4, -0.2) is 24.5 Å². The van der Waals surface area contributed by atoms with Gasteiger partial charge in [0.25, 0.3) is 0 Å². The minimum atomic E-state index is -0.403. The highest BCUT2D eigenvalue weighted by Crippen LogP contribution is 2.30. The molecule has 0 saturated carbocycles. The maximum absolute atomic E-state index is 12.9. The third-order valence-electron chi connectivity index (χ3n) is 4.04. The Balaban J connectivity index is 1.96. The van der Waals surface area contributed by atoms with Crippen LogP contribution in [0, 0.1) is 22.7 Å². The van der Waals surface area contributed by atoms with Gasteiger partial charge in [0.1, 0.15) is 17.7 Å². The number of carbonyl (C=O) groups is 1. The van der Waals surface area contributed by atoms with E-state index in [0.29, 0.717) is 38.6 Å². The fourth-order valence-corrected chi connectivity index (χ4v) is 2.92. The zero-order valence-corrected chi connectivity index (χ0v) is 15.6. The molecule has 0 aliphatic carbocycles. The molecule has 0 unspecified atom stereocenters. The molecule has 0 amide bonds.